The summed E-state index contributed by atoms with van der Waals surface area (Å²) in [5, 5.41) is 30.5. The van der Waals surface area contributed by atoms with E-state index < -0.39 is 30.6 Å². The summed E-state index contributed by atoms with van der Waals surface area (Å²) in [6, 6.07) is 3.37. The molecule has 0 saturated carbocycles. The van der Waals surface area contributed by atoms with Gasteiger partial charge in [-0.15, -0.1) is 6.42 Å². The van der Waals surface area contributed by atoms with Crippen molar-refractivity contribution in [3.05, 3.63) is 24.5 Å². The highest BCUT2D eigenvalue weighted by molar-refractivity contribution is 5.88. The zero-order chi connectivity index (χ0) is 15.2. The van der Waals surface area contributed by atoms with Gasteiger partial charge in [-0.05, 0) is 12.1 Å². The van der Waals surface area contributed by atoms with Crippen LogP contribution < -0.4 is 5.73 Å². The molecule has 110 valence electrons. The molecule has 0 radical (unpaired) electrons. The van der Waals surface area contributed by atoms with Crippen LogP contribution in [0.1, 0.15) is 6.23 Å². The van der Waals surface area contributed by atoms with Gasteiger partial charge in [0.15, 0.2) is 11.8 Å². The summed E-state index contributed by atoms with van der Waals surface area (Å²) in [4.78, 5) is 4.20. The molecule has 0 amide bonds. The number of hydrogen-bond acceptors (Lipinski definition) is 6. The van der Waals surface area contributed by atoms with Crippen LogP contribution in [0.15, 0.2) is 24.5 Å². The molecule has 1 aliphatic rings. The molecule has 3 rings (SSSR count). The first-order chi connectivity index (χ1) is 10.0. The van der Waals surface area contributed by atoms with Gasteiger partial charge in [-0.3, -0.25) is 0 Å². The third-order valence-corrected chi connectivity index (χ3v) is 3.80. The van der Waals surface area contributed by atoms with Crippen molar-refractivity contribution in [1.82, 2.24) is 9.55 Å². The Balaban J connectivity index is 2.14. The minimum absolute atomic E-state index is 0.462. The minimum atomic E-state index is -1.97. The Hall–Kier alpha value is -2.11. The Bertz CT molecular complexity index is 723. The van der Waals surface area contributed by atoms with Crippen LogP contribution in [-0.2, 0) is 4.74 Å². The summed E-state index contributed by atoms with van der Waals surface area (Å²) in [5.74, 6) is 2.16. The summed E-state index contributed by atoms with van der Waals surface area (Å²) in [5.41, 5.74) is 4.90. The molecule has 1 saturated heterocycles. The standard InChI is InChI=1S/C14H15N3O4/c1-2-14(20)11(19)10(7-18)21-13(14)17-6-4-8-9(15)3-5-16-12(8)17/h1,3-6,10-11,13,18-20H,7H2,(H2,15,16)/t10-,11-,13-,14-/m1/s1. The Morgan fingerprint density at radius 2 is 2.29 bits per heavy atom. The molecule has 2 aromatic rings. The van der Waals surface area contributed by atoms with Crippen molar-refractivity contribution in [2.75, 3.05) is 12.3 Å². The number of nitrogens with zero attached hydrogens (tertiary/aromatic N) is 2. The van der Waals surface area contributed by atoms with Gasteiger partial charge >= 0.3 is 0 Å². The molecule has 0 unspecified atom stereocenters. The summed E-state index contributed by atoms with van der Waals surface area (Å²) in [7, 11) is 0. The van der Waals surface area contributed by atoms with Crippen molar-refractivity contribution < 1.29 is 20.1 Å². The van der Waals surface area contributed by atoms with Crippen LogP contribution in [0.4, 0.5) is 5.69 Å². The maximum Gasteiger partial charge on any atom is 0.199 e. The number of terminal acetylenes is 1. The van der Waals surface area contributed by atoms with Crippen LogP contribution in [-0.4, -0.2) is 49.3 Å². The highest BCUT2D eigenvalue weighted by Crippen LogP contribution is 2.39. The molecule has 7 heteroatoms. The number of fused-ring (bicyclic) bond motifs is 1. The first-order valence-corrected chi connectivity index (χ1v) is 6.38. The van der Waals surface area contributed by atoms with Gasteiger partial charge in [0.25, 0.3) is 0 Å². The number of aliphatic hydroxyl groups excluding tert-OH is 2. The fourth-order valence-electron chi connectivity index (χ4n) is 2.62. The van der Waals surface area contributed by atoms with Crippen molar-refractivity contribution >= 4 is 16.7 Å². The Labute approximate surface area is 120 Å². The third kappa shape index (κ3) is 1.81. The van der Waals surface area contributed by atoms with Gasteiger partial charge < -0.3 is 30.4 Å². The molecule has 0 bridgehead atoms. The molecule has 0 aromatic carbocycles. The molecular weight excluding hydrogens is 274 g/mol. The van der Waals surface area contributed by atoms with Crippen molar-refractivity contribution in [3.8, 4) is 12.3 Å². The summed E-state index contributed by atoms with van der Waals surface area (Å²) < 4.78 is 7.02. The number of pyridine rings is 1. The normalized spacial score (nSPS) is 32.4. The maximum atomic E-state index is 10.5. The number of aliphatic hydroxyl groups is 3. The third-order valence-electron chi connectivity index (χ3n) is 3.80. The van der Waals surface area contributed by atoms with E-state index in [1.807, 2.05) is 0 Å². The summed E-state index contributed by atoms with van der Waals surface area (Å²) in [6.07, 6.45) is 5.06. The Morgan fingerprint density at radius 1 is 1.52 bits per heavy atom. The number of ether oxygens (including phenoxy) is 1. The SMILES string of the molecule is C#C[C@@]1(O)[C@H](O)[C@@H](CO)O[C@H]1n1ccc2c(N)ccnc21. The van der Waals surface area contributed by atoms with Crippen LogP contribution in [0.3, 0.4) is 0 Å². The van der Waals surface area contributed by atoms with E-state index in [9.17, 15) is 15.3 Å². The zero-order valence-corrected chi connectivity index (χ0v) is 11.0. The van der Waals surface area contributed by atoms with Crippen LogP contribution >= 0.6 is 0 Å². The lowest BCUT2D eigenvalue weighted by molar-refractivity contribution is -0.0718. The molecule has 3 heterocycles. The van der Waals surface area contributed by atoms with E-state index in [1.54, 1.807) is 18.3 Å². The van der Waals surface area contributed by atoms with Gasteiger partial charge in [-0.2, -0.15) is 0 Å². The average molecular weight is 289 g/mol. The van der Waals surface area contributed by atoms with Crippen molar-refractivity contribution in [1.29, 1.82) is 0 Å². The highest BCUT2D eigenvalue weighted by Gasteiger charge is 2.55. The number of aromatic nitrogens is 2. The monoisotopic (exact) mass is 289 g/mol. The van der Waals surface area contributed by atoms with Crippen LogP contribution in [0, 0.1) is 12.3 Å². The summed E-state index contributed by atoms with van der Waals surface area (Å²) in [6.45, 7) is -0.462. The van der Waals surface area contributed by atoms with Gasteiger partial charge in [0.1, 0.15) is 17.9 Å². The van der Waals surface area contributed by atoms with Crippen molar-refractivity contribution in [2.24, 2.45) is 0 Å². The van der Waals surface area contributed by atoms with E-state index in [0.29, 0.717) is 16.7 Å². The van der Waals surface area contributed by atoms with E-state index in [4.69, 9.17) is 16.9 Å². The fourth-order valence-corrected chi connectivity index (χ4v) is 2.62. The van der Waals surface area contributed by atoms with Crippen LogP contribution in [0.25, 0.3) is 11.0 Å². The van der Waals surface area contributed by atoms with Crippen molar-refractivity contribution in [2.45, 2.75) is 24.0 Å². The lowest BCUT2D eigenvalue weighted by Crippen LogP contribution is -2.45. The second kappa shape index (κ2) is 4.72. The maximum absolute atomic E-state index is 10.5. The number of nitrogens with two attached hydrogens (primary N) is 1. The van der Waals surface area contributed by atoms with E-state index in [2.05, 4.69) is 10.9 Å². The average Bonchev–Trinajstić information content (AvgIpc) is 3.01. The molecule has 0 spiro atoms. The predicted octanol–water partition coefficient (Wildman–Crippen LogP) is -0.767. The number of hydrogen-bond donors (Lipinski definition) is 4. The second-order valence-electron chi connectivity index (χ2n) is 4.98. The smallest absolute Gasteiger partial charge is 0.199 e. The molecule has 1 fully saturated rings. The Kier molecular flexibility index (Phi) is 3.11. The topological polar surface area (TPSA) is 114 Å². The molecule has 5 N–H and O–H groups in total. The first-order valence-electron chi connectivity index (χ1n) is 6.38. The number of rotatable bonds is 2. The Morgan fingerprint density at radius 3 is 2.95 bits per heavy atom. The quantitative estimate of drug-likeness (QED) is 0.540. The zero-order valence-electron chi connectivity index (χ0n) is 11.0. The van der Waals surface area contributed by atoms with E-state index in [-0.39, 0.29) is 0 Å². The van der Waals surface area contributed by atoms with Gasteiger partial charge in [-0.1, -0.05) is 5.92 Å². The van der Waals surface area contributed by atoms with Crippen LogP contribution in [0.5, 0.6) is 0 Å². The lowest BCUT2D eigenvalue weighted by Gasteiger charge is -2.26. The molecule has 0 aliphatic carbocycles. The number of nitrogen functional groups attached to an aromatic ring is 1. The predicted molar refractivity (Wildman–Crippen MR) is 74.9 cm³/mol. The van der Waals surface area contributed by atoms with Gasteiger partial charge in [-0.25, -0.2) is 4.98 Å². The molecule has 1 aliphatic heterocycles. The second-order valence-corrected chi connectivity index (χ2v) is 4.98. The largest absolute Gasteiger partial charge is 0.398 e. The minimum Gasteiger partial charge on any atom is -0.398 e. The van der Waals surface area contributed by atoms with Crippen molar-refractivity contribution in [3.63, 3.8) is 0 Å². The van der Waals surface area contributed by atoms with Gasteiger partial charge in [0.05, 0.1) is 6.61 Å². The molecule has 21 heavy (non-hydrogen) atoms. The van der Waals surface area contributed by atoms with Gasteiger partial charge in [0, 0.05) is 23.5 Å². The first kappa shape index (κ1) is 13.9. The lowest BCUT2D eigenvalue weighted by atomic mass is 9.95. The highest BCUT2D eigenvalue weighted by atomic mass is 16.6. The molecular formula is C14H15N3O4. The molecule has 4 atom stereocenters. The molecule has 7 nitrogen and oxygen atoms in total. The van der Waals surface area contributed by atoms with E-state index in [1.165, 1.54) is 10.8 Å². The van der Waals surface area contributed by atoms with E-state index in [0.717, 1.165) is 0 Å². The fraction of sp³-hybridized carbons (Fsp3) is 0.357. The summed E-state index contributed by atoms with van der Waals surface area (Å²) >= 11 is 0. The number of anilines is 1. The van der Waals surface area contributed by atoms with Gasteiger partial charge in [0.2, 0.25) is 0 Å². The molecule has 2 aromatic heterocycles. The van der Waals surface area contributed by atoms with Crippen LogP contribution in [0.2, 0.25) is 0 Å². The van der Waals surface area contributed by atoms with E-state index >= 15 is 0 Å².